The number of pyridine rings is 1. The predicted octanol–water partition coefficient (Wildman–Crippen LogP) is 3.01. The molecule has 0 saturated heterocycles. The van der Waals surface area contributed by atoms with Crippen molar-refractivity contribution in [3.05, 3.63) is 42.0 Å². The van der Waals surface area contributed by atoms with Crippen LogP contribution in [0.2, 0.25) is 0 Å². The number of aromatic nitrogens is 6. The molecule has 2 N–H and O–H groups in total. The molecule has 0 spiro atoms. The molecule has 0 aliphatic heterocycles. The Morgan fingerprint density at radius 3 is 2.53 bits per heavy atom. The van der Waals surface area contributed by atoms with Gasteiger partial charge in [0.05, 0.1) is 35.4 Å². The normalized spacial score (nSPS) is 19.8. The molecule has 36 heavy (non-hydrogen) atoms. The number of halogens is 2. The van der Waals surface area contributed by atoms with Crippen LogP contribution in [0.1, 0.15) is 38.4 Å². The van der Waals surface area contributed by atoms with E-state index >= 15 is 0 Å². The Balaban J connectivity index is 1.41. The SMILES string of the molecule is COC1(C)CC(C(=O)Nc2cnc(-c3nnn(C)c3NC(=O)O[C@H](C)c3cc(F)cnc3F)nc2)C1. The minimum Gasteiger partial charge on any atom is -0.441 e. The zero-order chi connectivity index (χ0) is 26.0. The Kier molecular flexibility index (Phi) is 6.88. The quantitative estimate of drug-likeness (QED) is 0.466. The van der Waals surface area contributed by atoms with Crippen molar-refractivity contribution in [3.63, 3.8) is 0 Å². The molecule has 1 aliphatic rings. The lowest BCUT2D eigenvalue weighted by Crippen LogP contribution is -2.47. The average Bonchev–Trinajstić information content (AvgIpc) is 3.18. The number of ether oxygens (including phenoxy) is 2. The molecule has 0 radical (unpaired) electrons. The highest BCUT2D eigenvalue weighted by atomic mass is 19.1. The first-order valence-electron chi connectivity index (χ1n) is 10.9. The molecule has 3 aromatic heterocycles. The lowest BCUT2D eigenvalue weighted by Gasteiger charge is -2.42. The Hall–Kier alpha value is -4.07. The van der Waals surface area contributed by atoms with E-state index in [1.54, 1.807) is 7.11 Å². The van der Waals surface area contributed by atoms with Crippen molar-refractivity contribution in [1.82, 2.24) is 29.9 Å². The third-order valence-corrected chi connectivity index (χ3v) is 5.95. The Morgan fingerprint density at radius 2 is 1.86 bits per heavy atom. The van der Waals surface area contributed by atoms with Crippen LogP contribution in [0.15, 0.2) is 24.7 Å². The lowest BCUT2D eigenvalue weighted by atomic mass is 9.71. The van der Waals surface area contributed by atoms with Crippen LogP contribution in [0.4, 0.5) is 25.1 Å². The topological polar surface area (TPSA) is 146 Å². The summed E-state index contributed by atoms with van der Waals surface area (Å²) in [6.07, 6.45) is 2.69. The van der Waals surface area contributed by atoms with Crippen LogP contribution >= 0.6 is 0 Å². The number of rotatable bonds is 7. The van der Waals surface area contributed by atoms with E-state index in [0.29, 0.717) is 18.5 Å². The van der Waals surface area contributed by atoms with Crippen molar-refractivity contribution in [2.45, 2.75) is 38.4 Å². The predicted molar refractivity (Wildman–Crippen MR) is 121 cm³/mol. The summed E-state index contributed by atoms with van der Waals surface area (Å²) in [5.41, 5.74) is 0.0303. The maximum atomic E-state index is 13.9. The van der Waals surface area contributed by atoms with Crippen molar-refractivity contribution < 1.29 is 27.8 Å². The van der Waals surface area contributed by atoms with Crippen molar-refractivity contribution in [2.24, 2.45) is 13.0 Å². The number of methoxy groups -OCH3 is 1. The summed E-state index contributed by atoms with van der Waals surface area (Å²) >= 11 is 0. The van der Waals surface area contributed by atoms with Gasteiger partial charge in [-0.3, -0.25) is 10.1 Å². The average molecular weight is 502 g/mol. The molecule has 1 aliphatic carbocycles. The molecule has 3 heterocycles. The van der Waals surface area contributed by atoms with E-state index in [9.17, 15) is 18.4 Å². The van der Waals surface area contributed by atoms with Gasteiger partial charge in [0.25, 0.3) is 0 Å². The Labute approximate surface area is 204 Å². The monoisotopic (exact) mass is 502 g/mol. The van der Waals surface area contributed by atoms with Crippen LogP contribution in [0, 0.1) is 17.7 Å². The minimum absolute atomic E-state index is 0.107. The number of aryl methyl sites for hydroxylation is 1. The van der Waals surface area contributed by atoms with E-state index in [-0.39, 0.29) is 40.3 Å². The van der Waals surface area contributed by atoms with Gasteiger partial charge in [0, 0.05) is 20.1 Å². The number of carbonyl (C=O) groups excluding carboxylic acids is 2. The van der Waals surface area contributed by atoms with E-state index in [2.05, 4.69) is 35.9 Å². The minimum atomic E-state index is -1.13. The molecule has 14 heteroatoms. The van der Waals surface area contributed by atoms with E-state index < -0.39 is 24.0 Å². The summed E-state index contributed by atoms with van der Waals surface area (Å²) in [4.78, 5) is 36.5. The van der Waals surface area contributed by atoms with Crippen molar-refractivity contribution in [2.75, 3.05) is 17.7 Å². The van der Waals surface area contributed by atoms with Crippen LogP contribution in [0.25, 0.3) is 11.5 Å². The van der Waals surface area contributed by atoms with Gasteiger partial charge in [-0.15, -0.1) is 5.10 Å². The van der Waals surface area contributed by atoms with Gasteiger partial charge in [-0.2, -0.15) is 4.39 Å². The molecule has 4 rings (SSSR count). The second-order valence-corrected chi connectivity index (χ2v) is 8.66. The Morgan fingerprint density at radius 1 is 1.17 bits per heavy atom. The van der Waals surface area contributed by atoms with Gasteiger partial charge < -0.3 is 14.8 Å². The number of hydrogen-bond acceptors (Lipinski definition) is 9. The van der Waals surface area contributed by atoms with Crippen molar-refractivity contribution >= 4 is 23.5 Å². The van der Waals surface area contributed by atoms with Gasteiger partial charge >= 0.3 is 6.09 Å². The molecular formula is C22H24F2N8O4. The zero-order valence-corrected chi connectivity index (χ0v) is 20.0. The van der Waals surface area contributed by atoms with Crippen LogP contribution < -0.4 is 10.6 Å². The molecule has 0 bridgehead atoms. The highest BCUT2D eigenvalue weighted by Gasteiger charge is 2.44. The number of nitrogens with one attached hydrogen (secondary N) is 2. The maximum absolute atomic E-state index is 13.9. The van der Waals surface area contributed by atoms with Gasteiger partial charge in [0.2, 0.25) is 11.9 Å². The molecule has 2 amide bonds. The third-order valence-electron chi connectivity index (χ3n) is 5.95. The van der Waals surface area contributed by atoms with Gasteiger partial charge in [-0.05, 0) is 32.8 Å². The first kappa shape index (κ1) is 25.0. The van der Waals surface area contributed by atoms with Crippen LogP contribution in [0.3, 0.4) is 0 Å². The van der Waals surface area contributed by atoms with Crippen LogP contribution in [-0.2, 0) is 21.3 Å². The number of anilines is 2. The number of nitrogens with zero attached hydrogens (tertiary/aromatic N) is 6. The second-order valence-electron chi connectivity index (χ2n) is 8.66. The van der Waals surface area contributed by atoms with E-state index in [4.69, 9.17) is 9.47 Å². The molecule has 0 aromatic carbocycles. The van der Waals surface area contributed by atoms with E-state index in [1.165, 1.54) is 31.0 Å². The number of hydrogen-bond donors (Lipinski definition) is 2. The van der Waals surface area contributed by atoms with Gasteiger partial charge in [-0.25, -0.2) is 28.8 Å². The molecule has 1 fully saturated rings. The highest BCUT2D eigenvalue weighted by molar-refractivity contribution is 5.93. The fourth-order valence-corrected chi connectivity index (χ4v) is 3.82. The molecule has 190 valence electrons. The molecule has 12 nitrogen and oxygen atoms in total. The second kappa shape index (κ2) is 9.89. The highest BCUT2D eigenvalue weighted by Crippen LogP contribution is 2.40. The lowest BCUT2D eigenvalue weighted by molar-refractivity contribution is -0.138. The molecule has 1 saturated carbocycles. The van der Waals surface area contributed by atoms with Crippen molar-refractivity contribution in [1.29, 1.82) is 0 Å². The van der Waals surface area contributed by atoms with Crippen molar-refractivity contribution in [3.8, 4) is 11.5 Å². The van der Waals surface area contributed by atoms with E-state index in [0.717, 1.165) is 12.3 Å². The first-order valence-corrected chi connectivity index (χ1v) is 10.9. The molecule has 0 unspecified atom stereocenters. The summed E-state index contributed by atoms with van der Waals surface area (Å²) in [5.74, 6) is -1.79. The molecule has 3 aromatic rings. The van der Waals surface area contributed by atoms with E-state index in [1.807, 2.05) is 6.92 Å². The molecular weight excluding hydrogens is 478 g/mol. The largest absolute Gasteiger partial charge is 0.441 e. The van der Waals surface area contributed by atoms with Gasteiger partial charge in [-0.1, -0.05) is 5.21 Å². The smallest absolute Gasteiger partial charge is 0.413 e. The summed E-state index contributed by atoms with van der Waals surface area (Å²) in [6, 6.07) is 0.896. The summed E-state index contributed by atoms with van der Waals surface area (Å²) in [7, 11) is 3.14. The summed E-state index contributed by atoms with van der Waals surface area (Å²) in [6.45, 7) is 3.33. The van der Waals surface area contributed by atoms with Crippen LogP contribution in [0.5, 0.6) is 0 Å². The summed E-state index contributed by atoms with van der Waals surface area (Å²) < 4.78 is 39.0. The van der Waals surface area contributed by atoms with Gasteiger partial charge in [0.1, 0.15) is 11.9 Å². The maximum Gasteiger partial charge on any atom is 0.413 e. The molecule has 1 atom stereocenters. The fourth-order valence-electron chi connectivity index (χ4n) is 3.82. The first-order chi connectivity index (χ1) is 17.1. The standard InChI is InChI=1S/C22H24F2N8O4/c1-11(15-5-13(23)8-25-17(15)24)36-21(34)29-19-16(30-31-32(19)3)18-26-9-14(10-27-18)28-20(33)12-6-22(2,7-12)35-4/h5,8-12H,6-7H2,1-4H3,(H,28,33)(H,29,34)/t11-,12?,22?/m1/s1. The Bertz CT molecular complexity index is 1280. The number of amides is 2. The fraction of sp³-hybridized carbons (Fsp3) is 0.409. The van der Waals surface area contributed by atoms with Crippen LogP contribution in [-0.4, -0.2) is 54.7 Å². The third kappa shape index (κ3) is 5.27. The van der Waals surface area contributed by atoms with Gasteiger partial charge in [0.15, 0.2) is 17.3 Å². The summed E-state index contributed by atoms with van der Waals surface area (Å²) in [5, 5.41) is 13.1. The number of carbonyl (C=O) groups is 2. The zero-order valence-electron chi connectivity index (χ0n) is 20.0.